The number of aryl methyl sites for hydroxylation is 1. The van der Waals surface area contributed by atoms with Gasteiger partial charge in [0.1, 0.15) is 5.52 Å². The van der Waals surface area contributed by atoms with E-state index in [4.69, 9.17) is 4.42 Å². The first kappa shape index (κ1) is 13.1. The summed E-state index contributed by atoms with van der Waals surface area (Å²) in [5.74, 6) is 0.666. The molecule has 20 heavy (non-hydrogen) atoms. The van der Waals surface area contributed by atoms with Crippen LogP contribution < -0.4 is 0 Å². The van der Waals surface area contributed by atoms with Crippen molar-refractivity contribution in [3.8, 4) is 0 Å². The number of hydrogen-bond donors (Lipinski definition) is 0. The van der Waals surface area contributed by atoms with Crippen molar-refractivity contribution in [2.24, 2.45) is 0 Å². The standard InChI is InChI=1S/C12H9N3O3S2/c1-7-13-8(5-19-7)6-20-12-14-10-4-9(15(16)17)2-3-11(10)18-12/h2-5H,6H2,1H3. The Balaban J connectivity index is 1.80. The SMILES string of the molecule is Cc1nc(CSc2nc3cc([N+](=O)[O-])ccc3o2)cs1. The first-order valence-electron chi connectivity index (χ1n) is 5.70. The van der Waals surface area contributed by atoms with E-state index in [1.54, 1.807) is 17.4 Å². The highest BCUT2D eigenvalue weighted by Gasteiger charge is 2.12. The number of benzene rings is 1. The molecule has 0 aliphatic heterocycles. The van der Waals surface area contributed by atoms with Crippen molar-refractivity contribution in [1.82, 2.24) is 9.97 Å². The molecule has 0 saturated heterocycles. The topological polar surface area (TPSA) is 82.1 Å². The molecule has 0 aliphatic carbocycles. The molecule has 2 aromatic heterocycles. The molecular weight excluding hydrogens is 298 g/mol. The molecule has 0 aliphatic rings. The fraction of sp³-hybridized carbons (Fsp3) is 0.167. The van der Waals surface area contributed by atoms with Gasteiger partial charge in [-0.2, -0.15) is 0 Å². The van der Waals surface area contributed by atoms with Crippen LogP contribution >= 0.6 is 23.1 Å². The van der Waals surface area contributed by atoms with E-state index in [1.165, 1.54) is 23.9 Å². The summed E-state index contributed by atoms with van der Waals surface area (Å²) in [6, 6.07) is 4.39. The number of nitrogens with zero attached hydrogens (tertiary/aromatic N) is 3. The van der Waals surface area contributed by atoms with Crippen LogP contribution in [0.1, 0.15) is 10.7 Å². The Morgan fingerprint density at radius 2 is 2.30 bits per heavy atom. The predicted molar refractivity (Wildman–Crippen MR) is 77.1 cm³/mol. The van der Waals surface area contributed by atoms with Crippen molar-refractivity contribution in [1.29, 1.82) is 0 Å². The Labute approximate surface area is 122 Å². The smallest absolute Gasteiger partial charge is 0.271 e. The molecule has 2 heterocycles. The predicted octanol–water partition coefficient (Wildman–Crippen LogP) is 3.79. The van der Waals surface area contributed by atoms with Gasteiger partial charge in [0, 0.05) is 23.3 Å². The molecule has 0 fully saturated rings. The maximum absolute atomic E-state index is 10.7. The summed E-state index contributed by atoms with van der Waals surface area (Å²) in [7, 11) is 0. The molecular formula is C12H9N3O3S2. The van der Waals surface area contributed by atoms with E-state index in [9.17, 15) is 10.1 Å². The van der Waals surface area contributed by atoms with Gasteiger partial charge in [-0.1, -0.05) is 11.8 Å². The molecule has 0 unspecified atom stereocenters. The zero-order valence-electron chi connectivity index (χ0n) is 10.4. The number of aromatic nitrogens is 2. The Bertz CT molecular complexity index is 781. The molecule has 6 nitrogen and oxygen atoms in total. The highest BCUT2D eigenvalue weighted by molar-refractivity contribution is 7.98. The minimum atomic E-state index is -0.445. The Morgan fingerprint density at radius 1 is 1.45 bits per heavy atom. The number of nitro groups is 1. The number of non-ortho nitro benzene ring substituents is 1. The lowest BCUT2D eigenvalue weighted by molar-refractivity contribution is -0.384. The number of thiazole rings is 1. The Morgan fingerprint density at radius 3 is 3.00 bits per heavy atom. The highest BCUT2D eigenvalue weighted by atomic mass is 32.2. The summed E-state index contributed by atoms with van der Waals surface area (Å²) < 4.78 is 5.54. The lowest BCUT2D eigenvalue weighted by Crippen LogP contribution is -1.86. The zero-order chi connectivity index (χ0) is 14.1. The van der Waals surface area contributed by atoms with Crippen LogP contribution in [0.15, 0.2) is 33.2 Å². The summed E-state index contributed by atoms with van der Waals surface area (Å²) >= 11 is 3.02. The van der Waals surface area contributed by atoms with Crippen molar-refractivity contribution in [2.75, 3.05) is 0 Å². The normalized spacial score (nSPS) is 11.1. The van der Waals surface area contributed by atoms with Gasteiger partial charge in [-0.25, -0.2) is 9.97 Å². The van der Waals surface area contributed by atoms with Crippen LogP contribution in [0.4, 0.5) is 5.69 Å². The van der Waals surface area contributed by atoms with Gasteiger partial charge in [0.2, 0.25) is 0 Å². The second kappa shape index (κ2) is 5.22. The zero-order valence-corrected chi connectivity index (χ0v) is 12.0. The van der Waals surface area contributed by atoms with Gasteiger partial charge in [-0.3, -0.25) is 10.1 Å². The second-order valence-electron chi connectivity index (χ2n) is 4.04. The highest BCUT2D eigenvalue weighted by Crippen LogP contribution is 2.28. The van der Waals surface area contributed by atoms with Gasteiger partial charge in [0.25, 0.3) is 10.9 Å². The Hall–Kier alpha value is -1.93. The molecule has 3 rings (SSSR count). The lowest BCUT2D eigenvalue weighted by atomic mass is 10.3. The summed E-state index contributed by atoms with van der Waals surface area (Å²) in [6.07, 6.45) is 0. The number of oxazole rings is 1. The minimum Gasteiger partial charge on any atom is -0.431 e. The third kappa shape index (κ3) is 2.66. The van der Waals surface area contributed by atoms with Crippen molar-refractivity contribution in [2.45, 2.75) is 17.9 Å². The van der Waals surface area contributed by atoms with Gasteiger partial charge in [0.05, 0.1) is 15.6 Å². The lowest BCUT2D eigenvalue weighted by Gasteiger charge is -1.91. The van der Waals surface area contributed by atoms with Gasteiger partial charge < -0.3 is 4.42 Å². The van der Waals surface area contributed by atoms with Crippen LogP contribution in [0.2, 0.25) is 0 Å². The monoisotopic (exact) mass is 307 g/mol. The summed E-state index contributed by atoms with van der Waals surface area (Å²) in [4.78, 5) is 18.9. The van der Waals surface area contributed by atoms with Gasteiger partial charge in [-0.05, 0) is 13.0 Å². The first-order chi connectivity index (χ1) is 9.61. The molecule has 102 valence electrons. The molecule has 0 spiro atoms. The molecule has 0 amide bonds. The quantitative estimate of drug-likeness (QED) is 0.414. The van der Waals surface area contributed by atoms with Gasteiger partial charge in [-0.15, -0.1) is 11.3 Å². The summed E-state index contributed by atoms with van der Waals surface area (Å²) in [5.41, 5.74) is 2.03. The van der Waals surface area contributed by atoms with E-state index in [0.717, 1.165) is 10.7 Å². The van der Waals surface area contributed by atoms with E-state index in [-0.39, 0.29) is 5.69 Å². The van der Waals surface area contributed by atoms with Crippen molar-refractivity contribution in [3.05, 3.63) is 44.4 Å². The van der Waals surface area contributed by atoms with Crippen molar-refractivity contribution in [3.63, 3.8) is 0 Å². The molecule has 0 saturated carbocycles. The van der Waals surface area contributed by atoms with Crippen LogP contribution in [-0.2, 0) is 5.75 Å². The molecule has 8 heteroatoms. The number of thioether (sulfide) groups is 1. The van der Waals surface area contributed by atoms with Crippen LogP contribution in [0.25, 0.3) is 11.1 Å². The molecule has 0 radical (unpaired) electrons. The average molecular weight is 307 g/mol. The van der Waals surface area contributed by atoms with Crippen LogP contribution in [0.5, 0.6) is 0 Å². The first-order valence-corrected chi connectivity index (χ1v) is 7.57. The molecule has 1 aromatic carbocycles. The second-order valence-corrected chi connectivity index (χ2v) is 6.02. The number of rotatable bonds is 4. The number of nitro benzene ring substituents is 1. The maximum atomic E-state index is 10.7. The maximum Gasteiger partial charge on any atom is 0.271 e. The minimum absolute atomic E-state index is 0.0116. The largest absolute Gasteiger partial charge is 0.431 e. The van der Waals surface area contributed by atoms with E-state index in [0.29, 0.717) is 22.1 Å². The number of fused-ring (bicyclic) bond motifs is 1. The number of hydrogen-bond acceptors (Lipinski definition) is 7. The fourth-order valence-corrected chi connectivity index (χ4v) is 3.13. The fourth-order valence-electron chi connectivity index (χ4n) is 1.68. The van der Waals surface area contributed by atoms with E-state index >= 15 is 0 Å². The van der Waals surface area contributed by atoms with Crippen molar-refractivity contribution >= 4 is 39.9 Å². The Kier molecular flexibility index (Phi) is 3.41. The molecule has 3 aromatic rings. The van der Waals surface area contributed by atoms with Crippen LogP contribution in [0.3, 0.4) is 0 Å². The average Bonchev–Trinajstić information content (AvgIpc) is 3.00. The van der Waals surface area contributed by atoms with Crippen LogP contribution in [-0.4, -0.2) is 14.9 Å². The van der Waals surface area contributed by atoms with Crippen LogP contribution in [0, 0.1) is 17.0 Å². The summed E-state index contributed by atoms with van der Waals surface area (Å²) in [5, 5.41) is 14.2. The van der Waals surface area contributed by atoms with E-state index in [1.807, 2.05) is 12.3 Å². The molecule has 0 N–H and O–H groups in total. The third-order valence-electron chi connectivity index (χ3n) is 2.57. The molecule has 0 bridgehead atoms. The van der Waals surface area contributed by atoms with Gasteiger partial charge >= 0.3 is 0 Å². The third-order valence-corrected chi connectivity index (χ3v) is 4.26. The molecule has 0 atom stereocenters. The van der Waals surface area contributed by atoms with E-state index < -0.39 is 4.92 Å². The summed E-state index contributed by atoms with van der Waals surface area (Å²) in [6.45, 7) is 1.96. The van der Waals surface area contributed by atoms with Crippen molar-refractivity contribution < 1.29 is 9.34 Å². The van der Waals surface area contributed by atoms with Gasteiger partial charge in [0.15, 0.2) is 5.58 Å². The van der Waals surface area contributed by atoms with E-state index in [2.05, 4.69) is 9.97 Å².